The topological polar surface area (TPSA) is 29.5 Å². The molecule has 0 unspecified atom stereocenters. The molecule has 0 bridgehead atoms. The highest BCUT2D eigenvalue weighted by Gasteiger charge is 2.41. The van der Waals surface area contributed by atoms with Gasteiger partial charge in [-0.25, -0.2) is 0 Å². The zero-order valence-corrected chi connectivity index (χ0v) is 8.37. The molecular weight excluding hydrogens is 221 g/mol. The highest BCUT2D eigenvalue weighted by molar-refractivity contribution is 5.39. The number of aliphatic hydroxyl groups is 1. The average molecular weight is 232 g/mol. The second kappa shape index (κ2) is 3.97. The Morgan fingerprint density at radius 1 is 1.31 bits per heavy atom. The number of ether oxygens (including phenoxy) is 1. The predicted molar refractivity (Wildman–Crippen MR) is 51.1 cm³/mol. The van der Waals surface area contributed by atoms with Crippen molar-refractivity contribution in [3.63, 3.8) is 0 Å². The summed E-state index contributed by atoms with van der Waals surface area (Å²) in [6, 6.07) is 6.09. The zero-order valence-electron chi connectivity index (χ0n) is 8.37. The van der Waals surface area contributed by atoms with Crippen molar-refractivity contribution in [1.29, 1.82) is 0 Å². The third kappa shape index (κ3) is 2.47. The van der Waals surface area contributed by atoms with E-state index in [4.69, 9.17) is 5.11 Å². The molecule has 1 aromatic rings. The summed E-state index contributed by atoms with van der Waals surface area (Å²) < 4.78 is 40.3. The van der Waals surface area contributed by atoms with Gasteiger partial charge in [-0.1, -0.05) is 18.2 Å². The smallest absolute Gasteiger partial charge is 0.405 e. The molecule has 2 nitrogen and oxygen atoms in total. The minimum atomic E-state index is -4.67. The van der Waals surface area contributed by atoms with Gasteiger partial charge in [0.15, 0.2) is 0 Å². The Morgan fingerprint density at radius 3 is 2.56 bits per heavy atom. The lowest BCUT2D eigenvalue weighted by atomic mass is 10.1. The summed E-state index contributed by atoms with van der Waals surface area (Å²) in [5.41, 5.74) is 0.527. The molecule has 1 aliphatic carbocycles. The average Bonchev–Trinajstić information content (AvgIpc) is 2.95. The molecule has 16 heavy (non-hydrogen) atoms. The largest absolute Gasteiger partial charge is 0.573 e. The van der Waals surface area contributed by atoms with Gasteiger partial charge in [-0.3, -0.25) is 0 Å². The minimum absolute atomic E-state index is 0.00498. The van der Waals surface area contributed by atoms with E-state index in [9.17, 15) is 13.2 Å². The number of rotatable bonds is 3. The van der Waals surface area contributed by atoms with Crippen molar-refractivity contribution in [2.75, 3.05) is 6.61 Å². The third-order valence-corrected chi connectivity index (χ3v) is 2.70. The Balaban J connectivity index is 2.19. The molecular formula is C11H11F3O2. The molecule has 1 saturated carbocycles. The van der Waals surface area contributed by atoms with Gasteiger partial charge < -0.3 is 9.84 Å². The van der Waals surface area contributed by atoms with Crippen LogP contribution in [0, 0.1) is 5.92 Å². The molecule has 0 aliphatic heterocycles. The molecule has 0 radical (unpaired) electrons. The van der Waals surface area contributed by atoms with Gasteiger partial charge in [-0.2, -0.15) is 0 Å². The lowest BCUT2D eigenvalue weighted by molar-refractivity contribution is -0.274. The first kappa shape index (κ1) is 11.3. The number of halogens is 3. The van der Waals surface area contributed by atoms with Gasteiger partial charge in [-0.05, 0) is 29.9 Å². The fourth-order valence-corrected chi connectivity index (χ4v) is 1.83. The predicted octanol–water partition coefficient (Wildman–Crippen LogP) is 2.68. The van der Waals surface area contributed by atoms with Crippen molar-refractivity contribution in [3.05, 3.63) is 29.8 Å². The van der Waals surface area contributed by atoms with Crippen LogP contribution in [0.2, 0.25) is 0 Å². The van der Waals surface area contributed by atoms with E-state index in [0.29, 0.717) is 12.0 Å². The molecule has 0 heterocycles. The molecule has 1 aliphatic rings. The van der Waals surface area contributed by atoms with Crippen molar-refractivity contribution in [1.82, 2.24) is 0 Å². The monoisotopic (exact) mass is 232 g/mol. The number of hydrogen-bond acceptors (Lipinski definition) is 2. The van der Waals surface area contributed by atoms with Gasteiger partial charge in [0.25, 0.3) is 0 Å². The van der Waals surface area contributed by atoms with Crippen LogP contribution in [0.25, 0.3) is 0 Å². The lowest BCUT2D eigenvalue weighted by Gasteiger charge is -2.12. The van der Waals surface area contributed by atoms with Crippen molar-refractivity contribution < 1.29 is 23.0 Å². The summed E-state index contributed by atoms with van der Waals surface area (Å²) in [6.45, 7) is 0.00498. The van der Waals surface area contributed by atoms with Crippen molar-refractivity contribution in [2.45, 2.75) is 18.7 Å². The number of hydrogen-bond donors (Lipinski definition) is 1. The van der Waals surface area contributed by atoms with E-state index in [1.165, 1.54) is 12.1 Å². The van der Waals surface area contributed by atoms with E-state index in [1.54, 1.807) is 12.1 Å². The fraction of sp³-hybridized carbons (Fsp3) is 0.455. The molecule has 2 atom stereocenters. The van der Waals surface area contributed by atoms with Crippen LogP contribution in [0.15, 0.2) is 24.3 Å². The molecule has 2 rings (SSSR count). The van der Waals surface area contributed by atoms with Gasteiger partial charge in [-0.15, -0.1) is 13.2 Å². The van der Waals surface area contributed by atoms with Crippen molar-refractivity contribution >= 4 is 0 Å². The van der Waals surface area contributed by atoms with E-state index in [0.717, 1.165) is 0 Å². The molecule has 1 N–H and O–H groups in total. The highest BCUT2D eigenvalue weighted by Crippen LogP contribution is 2.50. The molecule has 88 valence electrons. The Hall–Kier alpha value is -1.23. The summed E-state index contributed by atoms with van der Waals surface area (Å²) in [7, 11) is 0. The van der Waals surface area contributed by atoms with Gasteiger partial charge >= 0.3 is 6.36 Å². The van der Waals surface area contributed by atoms with Crippen LogP contribution < -0.4 is 4.74 Å². The quantitative estimate of drug-likeness (QED) is 0.868. The Bertz CT molecular complexity index is 376. The molecule has 0 saturated heterocycles. The van der Waals surface area contributed by atoms with E-state index < -0.39 is 6.36 Å². The molecule has 0 amide bonds. The van der Waals surface area contributed by atoms with Gasteiger partial charge in [0.05, 0.1) is 0 Å². The Kier molecular flexibility index (Phi) is 2.80. The second-order valence-corrected chi connectivity index (χ2v) is 3.87. The fourth-order valence-electron chi connectivity index (χ4n) is 1.83. The van der Waals surface area contributed by atoms with E-state index in [2.05, 4.69) is 4.74 Å². The lowest BCUT2D eigenvalue weighted by Crippen LogP contribution is -2.18. The maximum atomic E-state index is 12.1. The van der Waals surface area contributed by atoms with Crippen molar-refractivity contribution in [3.8, 4) is 5.75 Å². The molecule has 1 aromatic carbocycles. The van der Waals surface area contributed by atoms with Gasteiger partial charge in [0.2, 0.25) is 0 Å². The maximum Gasteiger partial charge on any atom is 0.573 e. The van der Waals surface area contributed by atoms with E-state index in [-0.39, 0.29) is 24.2 Å². The minimum Gasteiger partial charge on any atom is -0.405 e. The third-order valence-electron chi connectivity index (χ3n) is 2.70. The number of alkyl halides is 3. The molecule has 5 heteroatoms. The summed E-state index contributed by atoms with van der Waals surface area (Å²) in [4.78, 5) is 0. The van der Waals surface area contributed by atoms with Crippen molar-refractivity contribution in [2.24, 2.45) is 5.92 Å². The summed E-state index contributed by atoms with van der Waals surface area (Å²) in [6.07, 6.45) is -3.95. The normalized spacial score (nSPS) is 24.2. The molecule has 1 fully saturated rings. The SMILES string of the molecule is OC[C@H]1C[C@@H]1c1ccccc1OC(F)(F)F. The summed E-state index contributed by atoms with van der Waals surface area (Å²) >= 11 is 0. The molecule has 0 spiro atoms. The highest BCUT2D eigenvalue weighted by atomic mass is 19.4. The van der Waals surface area contributed by atoms with Crippen LogP contribution in [0.1, 0.15) is 17.9 Å². The Labute approximate surface area is 90.7 Å². The first-order chi connectivity index (χ1) is 7.51. The Morgan fingerprint density at radius 2 is 2.00 bits per heavy atom. The first-order valence-corrected chi connectivity index (χ1v) is 4.97. The van der Waals surface area contributed by atoms with Crippen LogP contribution in [0.5, 0.6) is 5.75 Å². The number of para-hydroxylation sites is 1. The van der Waals surface area contributed by atoms with Crippen LogP contribution >= 0.6 is 0 Å². The summed E-state index contributed by atoms with van der Waals surface area (Å²) in [5, 5.41) is 8.90. The van der Waals surface area contributed by atoms with Gasteiger partial charge in [0, 0.05) is 6.61 Å². The van der Waals surface area contributed by atoms with Crippen LogP contribution in [0.3, 0.4) is 0 Å². The van der Waals surface area contributed by atoms with E-state index in [1.807, 2.05) is 0 Å². The van der Waals surface area contributed by atoms with Crippen LogP contribution in [0.4, 0.5) is 13.2 Å². The molecule has 0 aromatic heterocycles. The standard InChI is InChI=1S/C11H11F3O2/c12-11(13,14)16-10-4-2-1-3-8(10)9-5-7(9)6-15/h1-4,7,9,15H,5-6H2/t7-,9+/m1/s1. The summed E-state index contributed by atoms with van der Waals surface area (Å²) in [5.74, 6) is -0.0996. The maximum absolute atomic E-state index is 12.1. The van der Waals surface area contributed by atoms with Crippen LogP contribution in [-0.2, 0) is 0 Å². The van der Waals surface area contributed by atoms with E-state index >= 15 is 0 Å². The zero-order chi connectivity index (χ0) is 11.8. The first-order valence-electron chi connectivity index (χ1n) is 4.97. The number of benzene rings is 1. The second-order valence-electron chi connectivity index (χ2n) is 3.87. The van der Waals surface area contributed by atoms with Gasteiger partial charge in [0.1, 0.15) is 5.75 Å². The number of aliphatic hydroxyl groups excluding tert-OH is 1. The van der Waals surface area contributed by atoms with Crippen LogP contribution in [-0.4, -0.2) is 18.1 Å².